The molecule has 110 valence electrons. The molecule has 1 fully saturated rings. The Hall–Kier alpha value is -1.78. The second kappa shape index (κ2) is 5.31. The zero-order valence-electron chi connectivity index (χ0n) is 12.1. The molecule has 1 heterocycles. The minimum Gasteiger partial charge on any atom is -0.481 e. The standard InChI is InChI=1S/C15H21NO4/c1-9(6-7-10-5-4-8-20-10)16-13(17)11-12(14(18)19)15(11,2)3/h4-5,8-9,11-12H,6-7H2,1-3H3,(H,16,17)(H,18,19). The van der Waals surface area contributed by atoms with Crippen molar-refractivity contribution in [2.45, 2.75) is 39.7 Å². The highest BCUT2D eigenvalue weighted by atomic mass is 16.4. The molecule has 1 aliphatic carbocycles. The Morgan fingerprint density at radius 3 is 2.65 bits per heavy atom. The van der Waals surface area contributed by atoms with Crippen molar-refractivity contribution in [3.63, 3.8) is 0 Å². The van der Waals surface area contributed by atoms with Crippen LogP contribution in [0.4, 0.5) is 0 Å². The molecule has 0 spiro atoms. The summed E-state index contributed by atoms with van der Waals surface area (Å²) in [5.74, 6) is -1.15. The van der Waals surface area contributed by atoms with Crippen LogP contribution in [0.1, 0.15) is 33.0 Å². The fraction of sp³-hybridized carbons (Fsp3) is 0.600. The minimum absolute atomic E-state index is 0.00144. The van der Waals surface area contributed by atoms with Crippen molar-refractivity contribution < 1.29 is 19.1 Å². The van der Waals surface area contributed by atoms with Gasteiger partial charge in [0, 0.05) is 12.5 Å². The van der Waals surface area contributed by atoms with Gasteiger partial charge in [0.1, 0.15) is 5.76 Å². The zero-order valence-corrected chi connectivity index (χ0v) is 12.1. The van der Waals surface area contributed by atoms with Gasteiger partial charge in [0.25, 0.3) is 0 Å². The predicted molar refractivity (Wildman–Crippen MR) is 73.0 cm³/mol. The van der Waals surface area contributed by atoms with Gasteiger partial charge in [0.2, 0.25) is 5.91 Å². The number of nitrogens with one attached hydrogen (secondary N) is 1. The number of carbonyl (C=O) groups excluding carboxylic acids is 1. The third-order valence-electron chi connectivity index (χ3n) is 4.17. The Bertz CT molecular complexity index is 492. The lowest BCUT2D eigenvalue weighted by atomic mass is 10.1. The van der Waals surface area contributed by atoms with Crippen molar-refractivity contribution >= 4 is 11.9 Å². The Labute approximate surface area is 118 Å². The second-order valence-electron chi connectivity index (χ2n) is 6.14. The molecule has 0 aliphatic heterocycles. The van der Waals surface area contributed by atoms with E-state index < -0.39 is 23.2 Å². The second-order valence-corrected chi connectivity index (χ2v) is 6.14. The lowest BCUT2D eigenvalue weighted by Crippen LogP contribution is -2.35. The van der Waals surface area contributed by atoms with E-state index in [2.05, 4.69) is 5.32 Å². The average molecular weight is 279 g/mol. The maximum atomic E-state index is 12.1. The highest BCUT2D eigenvalue weighted by Crippen LogP contribution is 2.58. The number of hydrogen-bond acceptors (Lipinski definition) is 3. The van der Waals surface area contributed by atoms with Crippen LogP contribution >= 0.6 is 0 Å². The fourth-order valence-electron chi connectivity index (χ4n) is 2.81. The first-order valence-electron chi connectivity index (χ1n) is 6.89. The van der Waals surface area contributed by atoms with E-state index in [1.807, 2.05) is 32.9 Å². The molecule has 5 nitrogen and oxygen atoms in total. The summed E-state index contributed by atoms with van der Waals surface area (Å²) >= 11 is 0. The molecular formula is C15H21NO4. The van der Waals surface area contributed by atoms with E-state index in [0.717, 1.165) is 18.6 Å². The minimum atomic E-state index is -0.890. The summed E-state index contributed by atoms with van der Waals surface area (Å²) in [4.78, 5) is 23.2. The molecule has 2 N–H and O–H groups in total. The number of amides is 1. The molecule has 1 amide bonds. The van der Waals surface area contributed by atoms with Gasteiger partial charge < -0.3 is 14.8 Å². The van der Waals surface area contributed by atoms with Crippen LogP contribution in [0.5, 0.6) is 0 Å². The summed E-state index contributed by atoms with van der Waals surface area (Å²) in [7, 11) is 0. The molecular weight excluding hydrogens is 258 g/mol. The van der Waals surface area contributed by atoms with Gasteiger partial charge in [0.15, 0.2) is 0 Å². The van der Waals surface area contributed by atoms with E-state index in [-0.39, 0.29) is 11.9 Å². The number of rotatable bonds is 6. The van der Waals surface area contributed by atoms with E-state index in [9.17, 15) is 9.59 Å². The first kappa shape index (κ1) is 14.6. The highest BCUT2D eigenvalue weighted by molar-refractivity contribution is 5.91. The molecule has 0 radical (unpaired) electrons. The van der Waals surface area contributed by atoms with Crippen LogP contribution in [0.25, 0.3) is 0 Å². The van der Waals surface area contributed by atoms with Gasteiger partial charge in [-0.1, -0.05) is 13.8 Å². The lowest BCUT2D eigenvalue weighted by Gasteiger charge is -2.13. The normalized spacial score (nSPS) is 24.9. The van der Waals surface area contributed by atoms with Gasteiger partial charge in [-0.05, 0) is 30.9 Å². The molecule has 3 atom stereocenters. The van der Waals surface area contributed by atoms with Gasteiger partial charge >= 0.3 is 5.97 Å². The maximum absolute atomic E-state index is 12.1. The van der Waals surface area contributed by atoms with Gasteiger partial charge in [-0.15, -0.1) is 0 Å². The SMILES string of the molecule is CC(CCc1ccco1)NC(=O)C1C(C(=O)O)C1(C)C. The van der Waals surface area contributed by atoms with Crippen molar-refractivity contribution in [1.82, 2.24) is 5.32 Å². The van der Waals surface area contributed by atoms with E-state index >= 15 is 0 Å². The molecule has 1 aromatic heterocycles. The number of aryl methyl sites for hydroxylation is 1. The van der Waals surface area contributed by atoms with Crippen LogP contribution in [0.2, 0.25) is 0 Å². The fourth-order valence-corrected chi connectivity index (χ4v) is 2.81. The predicted octanol–water partition coefficient (Wildman–Crippen LogP) is 2.07. The van der Waals surface area contributed by atoms with Crippen LogP contribution in [-0.2, 0) is 16.0 Å². The van der Waals surface area contributed by atoms with Crippen LogP contribution in [0, 0.1) is 17.3 Å². The number of carbonyl (C=O) groups is 2. The number of hydrogen-bond donors (Lipinski definition) is 2. The summed E-state index contributed by atoms with van der Waals surface area (Å²) < 4.78 is 5.24. The monoisotopic (exact) mass is 279 g/mol. The van der Waals surface area contributed by atoms with E-state index in [0.29, 0.717) is 0 Å². The number of carboxylic acids is 1. The van der Waals surface area contributed by atoms with Crippen LogP contribution < -0.4 is 5.32 Å². The molecule has 0 aromatic carbocycles. The summed E-state index contributed by atoms with van der Waals surface area (Å²) in [6.07, 6.45) is 3.15. The highest BCUT2D eigenvalue weighted by Gasteiger charge is 2.65. The quantitative estimate of drug-likeness (QED) is 0.835. The third kappa shape index (κ3) is 2.86. The molecule has 0 bridgehead atoms. The Kier molecular flexibility index (Phi) is 3.88. The Morgan fingerprint density at radius 2 is 2.15 bits per heavy atom. The topological polar surface area (TPSA) is 79.5 Å². The Balaban J connectivity index is 1.81. The zero-order chi connectivity index (χ0) is 14.9. The van der Waals surface area contributed by atoms with Crippen molar-refractivity contribution in [2.75, 3.05) is 0 Å². The van der Waals surface area contributed by atoms with E-state index in [4.69, 9.17) is 9.52 Å². The van der Waals surface area contributed by atoms with Gasteiger partial charge in [-0.3, -0.25) is 9.59 Å². The molecule has 1 aliphatic rings. The smallest absolute Gasteiger partial charge is 0.307 e. The van der Waals surface area contributed by atoms with Crippen molar-refractivity contribution in [1.29, 1.82) is 0 Å². The average Bonchev–Trinajstić information content (AvgIpc) is 2.75. The Morgan fingerprint density at radius 1 is 1.45 bits per heavy atom. The van der Waals surface area contributed by atoms with Crippen LogP contribution in [0.15, 0.2) is 22.8 Å². The summed E-state index contributed by atoms with van der Waals surface area (Å²) in [5, 5.41) is 12.0. The molecule has 0 saturated heterocycles. The first-order chi connectivity index (χ1) is 9.34. The van der Waals surface area contributed by atoms with Crippen LogP contribution in [0.3, 0.4) is 0 Å². The largest absolute Gasteiger partial charge is 0.481 e. The lowest BCUT2D eigenvalue weighted by molar-refractivity contribution is -0.140. The molecule has 2 rings (SSSR count). The summed E-state index contributed by atoms with van der Waals surface area (Å²) in [5.41, 5.74) is -0.448. The number of furan rings is 1. The third-order valence-corrected chi connectivity index (χ3v) is 4.17. The van der Waals surface area contributed by atoms with Gasteiger partial charge in [0.05, 0.1) is 18.1 Å². The maximum Gasteiger partial charge on any atom is 0.307 e. The molecule has 1 aromatic rings. The van der Waals surface area contributed by atoms with Crippen LogP contribution in [-0.4, -0.2) is 23.0 Å². The number of carboxylic acid groups (broad SMARTS) is 1. The van der Waals surface area contributed by atoms with E-state index in [1.165, 1.54) is 0 Å². The molecule has 5 heteroatoms. The number of aliphatic carboxylic acids is 1. The van der Waals surface area contributed by atoms with E-state index in [1.54, 1.807) is 6.26 Å². The molecule has 20 heavy (non-hydrogen) atoms. The molecule has 1 saturated carbocycles. The van der Waals surface area contributed by atoms with Crippen molar-refractivity contribution in [3.05, 3.63) is 24.2 Å². The van der Waals surface area contributed by atoms with Gasteiger partial charge in [-0.25, -0.2) is 0 Å². The molecule has 3 unspecified atom stereocenters. The van der Waals surface area contributed by atoms with Crippen molar-refractivity contribution in [3.8, 4) is 0 Å². The van der Waals surface area contributed by atoms with Crippen molar-refractivity contribution in [2.24, 2.45) is 17.3 Å². The summed E-state index contributed by atoms with van der Waals surface area (Å²) in [6, 6.07) is 3.74. The van der Waals surface area contributed by atoms with Gasteiger partial charge in [-0.2, -0.15) is 0 Å². The summed E-state index contributed by atoms with van der Waals surface area (Å²) in [6.45, 7) is 5.57. The first-order valence-corrected chi connectivity index (χ1v) is 6.89.